The van der Waals surface area contributed by atoms with Crippen LogP contribution in [0.1, 0.15) is 40.3 Å². The van der Waals surface area contributed by atoms with Crippen molar-refractivity contribution < 1.29 is 32.3 Å². The average Bonchev–Trinajstić information content (AvgIpc) is 3.29. The Balaban J connectivity index is 1.66. The lowest BCUT2D eigenvalue weighted by Gasteiger charge is -2.25. The van der Waals surface area contributed by atoms with Crippen molar-refractivity contribution in [1.29, 1.82) is 0 Å². The SMILES string of the molecule is CC(C)C[C@H](C)OC(=O)[C@H](C)N[P@](=O)(OC[C@@H]1O[C@H](n2cc(F)c(N)nc2=O)CS1)Oc1ccccc1. The normalized spacial score (nSPS) is 20.8. The van der Waals surface area contributed by atoms with E-state index in [1.807, 2.05) is 13.8 Å². The molecule has 2 aromatic rings. The molecule has 3 N–H and O–H groups in total. The average molecular weight is 559 g/mol. The van der Waals surface area contributed by atoms with Crippen LogP contribution in [0.25, 0.3) is 0 Å². The number of aromatic nitrogens is 2. The van der Waals surface area contributed by atoms with Gasteiger partial charge in [-0.2, -0.15) is 10.1 Å². The standard InChI is InChI=1S/C23H32FN4O7PS/c1-14(2)10-15(3)33-22(29)16(4)27-36(31,35-17-8-6-5-7-9-17)32-12-20-34-19(13-37-20)28-11-18(24)21(25)26-23(28)30/h5-9,11,14-16,19-20H,10,12-13H2,1-4H3,(H,27,31)(H2,25,26,30)/t15-,16-,19-,20+,36-/m0/s1. The predicted molar refractivity (Wildman–Crippen MR) is 137 cm³/mol. The number of nitrogens with two attached hydrogens (primary N) is 1. The van der Waals surface area contributed by atoms with Crippen molar-refractivity contribution in [3.8, 4) is 5.75 Å². The number of nitrogen functional groups attached to an aromatic ring is 1. The van der Waals surface area contributed by atoms with Crippen molar-refractivity contribution in [2.75, 3.05) is 18.1 Å². The van der Waals surface area contributed by atoms with Crippen LogP contribution >= 0.6 is 19.5 Å². The molecule has 1 fully saturated rings. The predicted octanol–water partition coefficient (Wildman–Crippen LogP) is 3.71. The zero-order valence-electron chi connectivity index (χ0n) is 21.0. The second-order valence-electron chi connectivity index (χ2n) is 8.94. The number of carbonyl (C=O) groups excluding carboxylic acids is 1. The van der Waals surface area contributed by atoms with Crippen LogP contribution in [0.15, 0.2) is 41.3 Å². The van der Waals surface area contributed by atoms with Gasteiger partial charge in [0.1, 0.15) is 23.5 Å². The number of anilines is 1. The third-order valence-corrected chi connectivity index (χ3v) is 7.89. The minimum Gasteiger partial charge on any atom is -0.461 e. The van der Waals surface area contributed by atoms with Crippen LogP contribution < -0.4 is 21.0 Å². The number of para-hydroxylation sites is 1. The fraction of sp³-hybridized carbons (Fsp3) is 0.522. The summed E-state index contributed by atoms with van der Waals surface area (Å²) in [5.74, 6) is -1.06. The monoisotopic (exact) mass is 558 g/mol. The molecule has 1 saturated heterocycles. The van der Waals surface area contributed by atoms with E-state index in [1.54, 1.807) is 37.3 Å². The molecular formula is C23H32FN4O7PS. The lowest BCUT2D eigenvalue weighted by atomic mass is 10.1. The Hall–Kier alpha value is -2.44. The highest BCUT2D eigenvalue weighted by atomic mass is 32.2. The van der Waals surface area contributed by atoms with E-state index >= 15 is 0 Å². The highest BCUT2D eigenvalue weighted by Gasteiger charge is 2.36. The van der Waals surface area contributed by atoms with Gasteiger partial charge >= 0.3 is 19.4 Å². The van der Waals surface area contributed by atoms with Gasteiger partial charge in [-0.05, 0) is 38.3 Å². The molecule has 1 aromatic heterocycles. The Bertz CT molecular complexity index is 1170. The molecule has 1 aromatic carbocycles. The van der Waals surface area contributed by atoms with Crippen molar-refractivity contribution in [3.63, 3.8) is 0 Å². The highest BCUT2D eigenvalue weighted by molar-refractivity contribution is 8.00. The van der Waals surface area contributed by atoms with Crippen LogP contribution in [-0.2, 0) is 23.4 Å². The topological polar surface area (TPSA) is 144 Å². The summed E-state index contributed by atoms with van der Waals surface area (Å²) in [4.78, 5) is 28.1. The third-order valence-electron chi connectivity index (χ3n) is 5.15. The Morgan fingerprint density at radius 2 is 2.03 bits per heavy atom. The van der Waals surface area contributed by atoms with Gasteiger partial charge in [0.25, 0.3) is 0 Å². The highest BCUT2D eigenvalue weighted by Crippen LogP contribution is 2.46. The van der Waals surface area contributed by atoms with E-state index in [9.17, 15) is 18.5 Å². The summed E-state index contributed by atoms with van der Waals surface area (Å²) in [6.07, 6.45) is 0.467. The number of ether oxygens (including phenoxy) is 2. The number of nitrogens with one attached hydrogen (secondary N) is 1. The maximum atomic E-state index is 13.8. The maximum absolute atomic E-state index is 13.8. The van der Waals surface area contributed by atoms with Crippen LogP contribution in [-0.4, -0.2) is 45.5 Å². The van der Waals surface area contributed by atoms with E-state index < -0.39 is 48.7 Å². The second-order valence-corrected chi connectivity index (χ2v) is 11.8. The van der Waals surface area contributed by atoms with Gasteiger partial charge in [-0.3, -0.25) is 13.9 Å². The molecule has 37 heavy (non-hydrogen) atoms. The number of hydrogen-bond acceptors (Lipinski definition) is 10. The van der Waals surface area contributed by atoms with Gasteiger partial charge in [0.2, 0.25) is 0 Å². The van der Waals surface area contributed by atoms with Crippen molar-refractivity contribution in [2.24, 2.45) is 5.92 Å². The van der Waals surface area contributed by atoms with Crippen LogP contribution in [0, 0.1) is 11.7 Å². The molecule has 14 heteroatoms. The summed E-state index contributed by atoms with van der Waals surface area (Å²) >= 11 is 1.27. The summed E-state index contributed by atoms with van der Waals surface area (Å²) in [6.45, 7) is 7.11. The third kappa shape index (κ3) is 8.54. The molecular weight excluding hydrogens is 526 g/mol. The number of hydrogen-bond donors (Lipinski definition) is 2. The molecule has 0 spiro atoms. The first-order valence-electron chi connectivity index (χ1n) is 11.7. The minimum absolute atomic E-state index is 0.219. The molecule has 11 nitrogen and oxygen atoms in total. The number of rotatable bonds is 12. The summed E-state index contributed by atoms with van der Waals surface area (Å²) in [5.41, 5.74) is 3.91. The van der Waals surface area contributed by atoms with E-state index in [0.29, 0.717) is 12.3 Å². The maximum Gasteiger partial charge on any atom is 0.459 e. The fourth-order valence-corrected chi connectivity index (χ4v) is 6.09. The first kappa shape index (κ1) is 29.1. The second kappa shape index (κ2) is 12.9. The van der Waals surface area contributed by atoms with Crippen molar-refractivity contribution in [3.05, 3.63) is 52.8 Å². The first-order chi connectivity index (χ1) is 17.5. The van der Waals surface area contributed by atoms with Gasteiger partial charge in [0.05, 0.1) is 18.9 Å². The molecule has 0 unspecified atom stereocenters. The first-order valence-corrected chi connectivity index (χ1v) is 14.3. The summed E-state index contributed by atoms with van der Waals surface area (Å²) in [6, 6.07) is 7.35. The molecule has 0 radical (unpaired) electrons. The Labute approximate surface area is 218 Å². The lowest BCUT2D eigenvalue weighted by Crippen LogP contribution is -2.37. The number of nitrogens with zero attached hydrogens (tertiary/aromatic N) is 2. The van der Waals surface area contributed by atoms with E-state index in [1.165, 1.54) is 18.7 Å². The largest absolute Gasteiger partial charge is 0.461 e. The molecule has 0 amide bonds. The molecule has 1 aliphatic heterocycles. The quantitative estimate of drug-likeness (QED) is 0.291. The summed E-state index contributed by atoms with van der Waals surface area (Å²) < 4.78 is 50.9. The molecule has 5 atom stereocenters. The van der Waals surface area contributed by atoms with Gasteiger partial charge in [-0.15, -0.1) is 11.8 Å². The number of benzene rings is 1. The lowest BCUT2D eigenvalue weighted by molar-refractivity contribution is -0.150. The van der Waals surface area contributed by atoms with E-state index in [0.717, 1.165) is 10.8 Å². The molecule has 0 saturated carbocycles. The zero-order chi connectivity index (χ0) is 27.2. The van der Waals surface area contributed by atoms with Gasteiger partial charge in [0.15, 0.2) is 11.6 Å². The van der Waals surface area contributed by atoms with Gasteiger partial charge < -0.3 is 19.7 Å². The van der Waals surface area contributed by atoms with E-state index in [-0.39, 0.29) is 24.2 Å². The molecule has 0 bridgehead atoms. The number of halogens is 1. The number of thioether (sulfide) groups is 1. The van der Waals surface area contributed by atoms with Gasteiger partial charge in [0, 0.05) is 5.75 Å². The molecule has 0 aliphatic carbocycles. The summed E-state index contributed by atoms with van der Waals surface area (Å²) in [7, 11) is -4.09. The fourth-order valence-electron chi connectivity index (χ4n) is 3.51. The van der Waals surface area contributed by atoms with Gasteiger partial charge in [-0.25, -0.2) is 13.8 Å². The number of carbonyl (C=O) groups is 1. The molecule has 3 rings (SSSR count). The van der Waals surface area contributed by atoms with E-state index in [2.05, 4.69) is 10.1 Å². The van der Waals surface area contributed by atoms with Crippen molar-refractivity contribution >= 4 is 31.3 Å². The van der Waals surface area contributed by atoms with Crippen molar-refractivity contribution in [2.45, 2.75) is 57.9 Å². The van der Waals surface area contributed by atoms with Gasteiger partial charge in [-0.1, -0.05) is 32.0 Å². The summed E-state index contributed by atoms with van der Waals surface area (Å²) in [5, 5.41) is 2.63. The number of esters is 1. The molecule has 2 heterocycles. The van der Waals surface area contributed by atoms with Crippen LogP contribution in [0.2, 0.25) is 0 Å². The Kier molecular flexibility index (Phi) is 10.1. The minimum atomic E-state index is -4.09. The van der Waals surface area contributed by atoms with Crippen LogP contribution in [0.5, 0.6) is 5.75 Å². The smallest absolute Gasteiger partial charge is 0.459 e. The van der Waals surface area contributed by atoms with Crippen molar-refractivity contribution in [1.82, 2.24) is 14.6 Å². The van der Waals surface area contributed by atoms with Crippen LogP contribution in [0.3, 0.4) is 0 Å². The Morgan fingerprint density at radius 3 is 2.70 bits per heavy atom. The molecule has 204 valence electrons. The van der Waals surface area contributed by atoms with Crippen LogP contribution in [0.4, 0.5) is 10.2 Å². The molecule has 1 aliphatic rings. The Morgan fingerprint density at radius 1 is 1.32 bits per heavy atom. The zero-order valence-corrected chi connectivity index (χ0v) is 22.7. The van der Waals surface area contributed by atoms with E-state index in [4.69, 9.17) is 24.3 Å².